The van der Waals surface area contributed by atoms with E-state index in [4.69, 9.17) is 9.84 Å². The van der Waals surface area contributed by atoms with Gasteiger partial charge in [0.1, 0.15) is 5.75 Å². The van der Waals surface area contributed by atoms with E-state index in [0.717, 1.165) is 11.1 Å². The van der Waals surface area contributed by atoms with Crippen molar-refractivity contribution in [2.45, 2.75) is 13.2 Å². The second-order valence-electron chi connectivity index (χ2n) is 4.36. The van der Waals surface area contributed by atoms with Gasteiger partial charge in [0, 0.05) is 6.54 Å². The summed E-state index contributed by atoms with van der Waals surface area (Å²) in [5.74, 6) is 0.398. The molecule has 0 bridgehead atoms. The zero-order valence-corrected chi connectivity index (χ0v) is 11.1. The van der Waals surface area contributed by atoms with Crippen LogP contribution in [-0.4, -0.2) is 17.6 Å². The fraction of sp³-hybridized carbons (Fsp3) is 0.188. The average Bonchev–Trinajstić information content (AvgIpc) is 2.52. The molecule has 0 aliphatic heterocycles. The lowest BCUT2D eigenvalue weighted by molar-refractivity contribution is -0.123. The molecule has 0 aliphatic rings. The van der Waals surface area contributed by atoms with Crippen molar-refractivity contribution in [1.82, 2.24) is 5.32 Å². The maximum absolute atomic E-state index is 11.7. The Bertz CT molecular complexity index is 555. The predicted molar refractivity (Wildman–Crippen MR) is 76.1 cm³/mol. The molecule has 2 rings (SSSR count). The number of hydrogen-bond donors (Lipinski definition) is 2. The van der Waals surface area contributed by atoms with E-state index in [1.165, 1.54) is 0 Å². The van der Waals surface area contributed by atoms with Crippen LogP contribution < -0.4 is 10.1 Å². The predicted octanol–water partition coefficient (Wildman–Crippen LogP) is 1.87. The molecule has 4 nitrogen and oxygen atoms in total. The molecular formula is C16H17NO3. The van der Waals surface area contributed by atoms with Crippen LogP contribution in [-0.2, 0) is 17.9 Å². The molecule has 4 heteroatoms. The Morgan fingerprint density at radius 1 is 1.05 bits per heavy atom. The standard InChI is InChI=1S/C16H17NO3/c18-11-14-7-4-8-15(9-14)20-12-16(19)17-10-13-5-2-1-3-6-13/h1-9,18H,10-12H2,(H,17,19). The number of benzene rings is 2. The first-order chi connectivity index (χ1) is 9.78. The highest BCUT2D eigenvalue weighted by molar-refractivity contribution is 5.77. The second kappa shape index (κ2) is 7.31. The third kappa shape index (κ3) is 4.40. The minimum atomic E-state index is -0.178. The maximum Gasteiger partial charge on any atom is 0.258 e. The van der Waals surface area contributed by atoms with Crippen LogP contribution in [0.4, 0.5) is 0 Å². The first kappa shape index (κ1) is 14.1. The summed E-state index contributed by atoms with van der Waals surface area (Å²) in [6.45, 7) is 0.402. The van der Waals surface area contributed by atoms with Crippen LogP contribution in [0.25, 0.3) is 0 Å². The normalized spacial score (nSPS) is 10.1. The zero-order chi connectivity index (χ0) is 14.2. The van der Waals surface area contributed by atoms with Gasteiger partial charge >= 0.3 is 0 Å². The molecule has 0 spiro atoms. The van der Waals surface area contributed by atoms with Crippen molar-refractivity contribution in [1.29, 1.82) is 0 Å². The van der Waals surface area contributed by atoms with Crippen molar-refractivity contribution in [3.63, 3.8) is 0 Å². The van der Waals surface area contributed by atoms with Crippen LogP contribution in [0.3, 0.4) is 0 Å². The van der Waals surface area contributed by atoms with Gasteiger partial charge in [-0.15, -0.1) is 0 Å². The SMILES string of the molecule is O=C(COc1cccc(CO)c1)NCc1ccccc1. The van der Waals surface area contributed by atoms with E-state index in [1.54, 1.807) is 24.3 Å². The average molecular weight is 271 g/mol. The molecule has 0 heterocycles. The van der Waals surface area contributed by atoms with Crippen LogP contribution in [0, 0.1) is 0 Å². The molecule has 2 N–H and O–H groups in total. The molecule has 0 aromatic heterocycles. The van der Waals surface area contributed by atoms with E-state index in [0.29, 0.717) is 12.3 Å². The molecule has 0 unspecified atom stereocenters. The summed E-state index contributed by atoms with van der Waals surface area (Å²) >= 11 is 0. The lowest BCUT2D eigenvalue weighted by Crippen LogP contribution is -2.28. The number of rotatable bonds is 6. The van der Waals surface area contributed by atoms with Crippen molar-refractivity contribution in [2.75, 3.05) is 6.61 Å². The summed E-state index contributed by atoms with van der Waals surface area (Å²) in [5, 5.41) is 11.8. The van der Waals surface area contributed by atoms with Crippen LogP contribution in [0.2, 0.25) is 0 Å². The molecule has 0 saturated carbocycles. The van der Waals surface area contributed by atoms with Gasteiger partial charge in [-0.25, -0.2) is 0 Å². The molecule has 0 radical (unpaired) electrons. The highest BCUT2D eigenvalue weighted by Crippen LogP contribution is 2.12. The number of carbonyl (C=O) groups excluding carboxylic acids is 1. The highest BCUT2D eigenvalue weighted by atomic mass is 16.5. The molecule has 20 heavy (non-hydrogen) atoms. The number of amides is 1. The van der Waals surface area contributed by atoms with Crippen molar-refractivity contribution < 1.29 is 14.6 Å². The van der Waals surface area contributed by atoms with E-state index in [9.17, 15) is 4.79 Å². The Kier molecular flexibility index (Phi) is 5.15. The minimum Gasteiger partial charge on any atom is -0.484 e. The van der Waals surface area contributed by atoms with E-state index in [-0.39, 0.29) is 19.1 Å². The number of aliphatic hydroxyl groups is 1. The Balaban J connectivity index is 1.77. The Hall–Kier alpha value is -2.33. The molecule has 0 atom stereocenters. The molecular weight excluding hydrogens is 254 g/mol. The van der Waals surface area contributed by atoms with Gasteiger partial charge in [0.15, 0.2) is 6.61 Å². The Morgan fingerprint density at radius 3 is 2.55 bits per heavy atom. The molecule has 0 fully saturated rings. The Morgan fingerprint density at radius 2 is 1.80 bits per heavy atom. The largest absolute Gasteiger partial charge is 0.484 e. The summed E-state index contributed by atoms with van der Waals surface area (Å²) in [7, 11) is 0. The number of hydrogen-bond acceptors (Lipinski definition) is 3. The summed E-state index contributed by atoms with van der Waals surface area (Å²) < 4.78 is 5.38. The third-order valence-corrected chi connectivity index (χ3v) is 2.78. The number of nitrogens with one attached hydrogen (secondary N) is 1. The van der Waals surface area contributed by atoms with E-state index >= 15 is 0 Å². The monoisotopic (exact) mass is 271 g/mol. The lowest BCUT2D eigenvalue weighted by Gasteiger charge is -2.08. The maximum atomic E-state index is 11.7. The van der Waals surface area contributed by atoms with E-state index < -0.39 is 0 Å². The van der Waals surface area contributed by atoms with Crippen LogP contribution in [0.15, 0.2) is 54.6 Å². The number of aliphatic hydroxyl groups excluding tert-OH is 1. The summed E-state index contributed by atoms with van der Waals surface area (Å²) in [5.41, 5.74) is 1.80. The van der Waals surface area contributed by atoms with Crippen LogP contribution in [0.5, 0.6) is 5.75 Å². The molecule has 0 saturated heterocycles. The first-order valence-electron chi connectivity index (χ1n) is 6.41. The van der Waals surface area contributed by atoms with Crippen molar-refractivity contribution in [2.24, 2.45) is 0 Å². The second-order valence-corrected chi connectivity index (χ2v) is 4.36. The smallest absolute Gasteiger partial charge is 0.258 e. The summed E-state index contributed by atoms with van der Waals surface area (Å²) in [4.78, 5) is 11.7. The fourth-order valence-electron chi connectivity index (χ4n) is 1.73. The zero-order valence-electron chi connectivity index (χ0n) is 11.1. The van der Waals surface area contributed by atoms with Crippen molar-refractivity contribution >= 4 is 5.91 Å². The lowest BCUT2D eigenvalue weighted by atomic mass is 10.2. The van der Waals surface area contributed by atoms with Crippen molar-refractivity contribution in [3.8, 4) is 5.75 Å². The molecule has 2 aromatic carbocycles. The van der Waals surface area contributed by atoms with Crippen LogP contribution in [0.1, 0.15) is 11.1 Å². The highest BCUT2D eigenvalue weighted by Gasteiger charge is 2.03. The van der Waals surface area contributed by atoms with Gasteiger partial charge in [-0.1, -0.05) is 42.5 Å². The quantitative estimate of drug-likeness (QED) is 0.843. The van der Waals surface area contributed by atoms with Gasteiger partial charge in [-0.3, -0.25) is 4.79 Å². The number of ether oxygens (including phenoxy) is 1. The van der Waals surface area contributed by atoms with Gasteiger partial charge < -0.3 is 15.2 Å². The van der Waals surface area contributed by atoms with Gasteiger partial charge in [-0.05, 0) is 23.3 Å². The topological polar surface area (TPSA) is 58.6 Å². The first-order valence-corrected chi connectivity index (χ1v) is 6.41. The van der Waals surface area contributed by atoms with E-state index in [2.05, 4.69) is 5.32 Å². The van der Waals surface area contributed by atoms with Crippen LogP contribution >= 0.6 is 0 Å². The number of carbonyl (C=O) groups is 1. The van der Waals surface area contributed by atoms with E-state index in [1.807, 2.05) is 30.3 Å². The molecule has 2 aromatic rings. The molecule has 104 valence electrons. The van der Waals surface area contributed by atoms with Crippen molar-refractivity contribution in [3.05, 3.63) is 65.7 Å². The third-order valence-electron chi connectivity index (χ3n) is 2.78. The minimum absolute atomic E-state index is 0.0400. The Labute approximate surface area is 118 Å². The van der Waals surface area contributed by atoms with Gasteiger partial charge in [0.25, 0.3) is 5.91 Å². The fourth-order valence-corrected chi connectivity index (χ4v) is 1.73. The molecule has 0 aliphatic carbocycles. The van der Waals surface area contributed by atoms with Gasteiger partial charge in [-0.2, -0.15) is 0 Å². The van der Waals surface area contributed by atoms with Gasteiger partial charge in [0.05, 0.1) is 6.61 Å². The van der Waals surface area contributed by atoms with Gasteiger partial charge in [0.2, 0.25) is 0 Å². The summed E-state index contributed by atoms with van der Waals surface area (Å²) in [6.07, 6.45) is 0. The summed E-state index contributed by atoms with van der Waals surface area (Å²) in [6, 6.07) is 16.7. The molecule has 1 amide bonds.